The van der Waals surface area contributed by atoms with Crippen LogP contribution in [-0.2, 0) is 0 Å². The van der Waals surface area contributed by atoms with E-state index >= 15 is 0 Å². The molecule has 2 aromatic rings. The van der Waals surface area contributed by atoms with Gasteiger partial charge in [0.2, 0.25) is 0 Å². The molecule has 1 aromatic carbocycles. The zero-order valence-corrected chi connectivity index (χ0v) is 11.3. The van der Waals surface area contributed by atoms with E-state index in [1.54, 1.807) is 7.11 Å². The van der Waals surface area contributed by atoms with Crippen molar-refractivity contribution in [1.82, 2.24) is 4.98 Å². The van der Waals surface area contributed by atoms with Gasteiger partial charge in [-0.05, 0) is 43.0 Å². The van der Waals surface area contributed by atoms with E-state index in [0.717, 1.165) is 35.3 Å². The molecule has 4 heteroatoms. The van der Waals surface area contributed by atoms with Crippen LogP contribution in [0.3, 0.4) is 0 Å². The third-order valence-corrected chi connectivity index (χ3v) is 3.70. The summed E-state index contributed by atoms with van der Waals surface area (Å²) in [7, 11) is 1.67. The van der Waals surface area contributed by atoms with Crippen LogP contribution < -0.4 is 9.64 Å². The van der Waals surface area contributed by atoms with Crippen LogP contribution in [0.2, 0.25) is 0 Å². The lowest BCUT2D eigenvalue weighted by atomic mass is 10.1. The number of hydrogen-bond acceptors (Lipinski definition) is 4. The predicted octanol–water partition coefficient (Wildman–Crippen LogP) is 2.20. The summed E-state index contributed by atoms with van der Waals surface area (Å²) in [5, 5.41) is 12.3. The van der Waals surface area contributed by atoms with Crippen LogP contribution >= 0.6 is 0 Å². The number of β-amino-alcohol motifs (C(OH)–C–C–N with tert-alkyl or cyclic N) is 1. The van der Waals surface area contributed by atoms with Crippen LogP contribution in [-0.4, -0.2) is 35.9 Å². The first-order valence-electron chi connectivity index (χ1n) is 6.49. The van der Waals surface area contributed by atoms with Crippen LogP contribution in [0.25, 0.3) is 10.8 Å². The van der Waals surface area contributed by atoms with E-state index in [1.807, 2.05) is 37.4 Å². The molecule has 1 fully saturated rings. The van der Waals surface area contributed by atoms with Crippen molar-refractivity contribution in [2.75, 3.05) is 25.1 Å². The zero-order chi connectivity index (χ0) is 13.5. The Morgan fingerprint density at radius 2 is 2.21 bits per heavy atom. The second-order valence-corrected chi connectivity index (χ2v) is 5.39. The monoisotopic (exact) mass is 258 g/mol. The normalized spacial score (nSPS) is 23.0. The van der Waals surface area contributed by atoms with E-state index in [0.29, 0.717) is 6.54 Å². The van der Waals surface area contributed by atoms with Gasteiger partial charge in [0, 0.05) is 24.7 Å². The largest absolute Gasteiger partial charge is 0.497 e. The summed E-state index contributed by atoms with van der Waals surface area (Å²) >= 11 is 0. The summed E-state index contributed by atoms with van der Waals surface area (Å²) in [4.78, 5) is 6.63. The number of pyridine rings is 1. The van der Waals surface area contributed by atoms with Crippen LogP contribution in [0.15, 0.2) is 30.5 Å². The number of nitrogens with zero attached hydrogens (tertiary/aromatic N) is 2. The molecule has 0 radical (unpaired) electrons. The van der Waals surface area contributed by atoms with E-state index in [9.17, 15) is 5.11 Å². The number of fused-ring (bicyclic) bond motifs is 1. The van der Waals surface area contributed by atoms with Crippen LogP contribution in [0.4, 0.5) is 5.82 Å². The molecule has 1 unspecified atom stereocenters. The van der Waals surface area contributed by atoms with Gasteiger partial charge in [-0.1, -0.05) is 0 Å². The molecule has 19 heavy (non-hydrogen) atoms. The number of ether oxygens (including phenoxy) is 1. The third kappa shape index (κ3) is 2.24. The molecule has 1 saturated heterocycles. The number of aromatic nitrogens is 1. The van der Waals surface area contributed by atoms with Gasteiger partial charge in [0.15, 0.2) is 0 Å². The Hall–Kier alpha value is -1.81. The number of rotatable bonds is 2. The van der Waals surface area contributed by atoms with E-state index in [2.05, 4.69) is 9.88 Å². The maximum Gasteiger partial charge on any atom is 0.136 e. The number of anilines is 1. The Kier molecular flexibility index (Phi) is 2.82. The highest BCUT2D eigenvalue weighted by atomic mass is 16.5. The van der Waals surface area contributed by atoms with E-state index in [4.69, 9.17) is 4.74 Å². The SMILES string of the molecule is COc1ccc2c(N3CCC(C)(O)C3)nccc2c1. The van der Waals surface area contributed by atoms with Crippen LogP contribution in [0.1, 0.15) is 13.3 Å². The van der Waals surface area contributed by atoms with Crippen molar-refractivity contribution < 1.29 is 9.84 Å². The van der Waals surface area contributed by atoms with Crippen molar-refractivity contribution in [3.05, 3.63) is 30.5 Å². The number of aliphatic hydroxyl groups is 1. The van der Waals surface area contributed by atoms with Gasteiger partial charge >= 0.3 is 0 Å². The maximum absolute atomic E-state index is 10.1. The molecule has 1 atom stereocenters. The molecule has 0 amide bonds. The lowest BCUT2D eigenvalue weighted by Gasteiger charge is -2.21. The first kappa shape index (κ1) is 12.2. The topological polar surface area (TPSA) is 45.6 Å². The van der Waals surface area contributed by atoms with Gasteiger partial charge in [0.1, 0.15) is 11.6 Å². The Balaban J connectivity index is 2.05. The summed E-state index contributed by atoms with van der Waals surface area (Å²) in [6, 6.07) is 7.97. The van der Waals surface area contributed by atoms with Gasteiger partial charge in [-0.25, -0.2) is 4.98 Å². The maximum atomic E-state index is 10.1. The molecule has 3 rings (SSSR count). The van der Waals surface area contributed by atoms with Crippen molar-refractivity contribution in [3.63, 3.8) is 0 Å². The molecule has 1 aliphatic rings. The van der Waals surface area contributed by atoms with Crippen molar-refractivity contribution in [1.29, 1.82) is 0 Å². The average Bonchev–Trinajstić information content (AvgIpc) is 2.77. The molecule has 1 aromatic heterocycles. The Morgan fingerprint density at radius 3 is 2.89 bits per heavy atom. The predicted molar refractivity (Wildman–Crippen MR) is 75.7 cm³/mol. The Morgan fingerprint density at radius 1 is 1.37 bits per heavy atom. The van der Waals surface area contributed by atoms with Gasteiger partial charge in [-0.3, -0.25) is 0 Å². The highest BCUT2D eigenvalue weighted by molar-refractivity contribution is 5.93. The lowest BCUT2D eigenvalue weighted by Crippen LogP contribution is -2.30. The van der Waals surface area contributed by atoms with E-state index in [1.165, 1.54) is 0 Å². The first-order chi connectivity index (χ1) is 9.09. The molecule has 0 saturated carbocycles. The molecular weight excluding hydrogens is 240 g/mol. The van der Waals surface area contributed by atoms with E-state index < -0.39 is 5.60 Å². The second-order valence-electron chi connectivity index (χ2n) is 5.39. The standard InChI is InChI=1S/C15H18N2O2/c1-15(18)6-8-17(10-15)14-13-4-3-12(19-2)9-11(13)5-7-16-14/h3-5,7,9,18H,6,8,10H2,1-2H3. The Bertz CT molecular complexity index is 610. The van der Waals surface area contributed by atoms with Crippen molar-refractivity contribution >= 4 is 16.6 Å². The minimum atomic E-state index is -0.615. The summed E-state index contributed by atoms with van der Waals surface area (Å²) < 4.78 is 5.25. The Labute approximate surface area is 112 Å². The molecule has 4 nitrogen and oxygen atoms in total. The fraction of sp³-hybridized carbons (Fsp3) is 0.400. The molecular formula is C15H18N2O2. The highest BCUT2D eigenvalue weighted by Gasteiger charge is 2.32. The van der Waals surface area contributed by atoms with Gasteiger partial charge in [-0.15, -0.1) is 0 Å². The summed E-state index contributed by atoms with van der Waals surface area (Å²) in [6.07, 6.45) is 2.59. The fourth-order valence-corrected chi connectivity index (χ4v) is 2.64. The van der Waals surface area contributed by atoms with Crippen molar-refractivity contribution in [3.8, 4) is 5.75 Å². The quantitative estimate of drug-likeness (QED) is 0.897. The third-order valence-electron chi connectivity index (χ3n) is 3.70. The smallest absolute Gasteiger partial charge is 0.136 e. The molecule has 1 N–H and O–H groups in total. The number of benzene rings is 1. The van der Waals surface area contributed by atoms with Crippen LogP contribution in [0, 0.1) is 0 Å². The van der Waals surface area contributed by atoms with Gasteiger partial charge in [0.05, 0.1) is 12.7 Å². The summed E-state index contributed by atoms with van der Waals surface area (Å²) in [5.74, 6) is 1.79. The second kappa shape index (κ2) is 4.38. The van der Waals surface area contributed by atoms with Gasteiger partial charge in [0.25, 0.3) is 0 Å². The number of hydrogen-bond donors (Lipinski definition) is 1. The van der Waals surface area contributed by atoms with Crippen molar-refractivity contribution in [2.24, 2.45) is 0 Å². The molecule has 2 heterocycles. The van der Waals surface area contributed by atoms with Crippen LogP contribution in [0.5, 0.6) is 5.75 Å². The minimum Gasteiger partial charge on any atom is -0.497 e. The molecule has 0 aliphatic carbocycles. The average molecular weight is 258 g/mol. The first-order valence-corrected chi connectivity index (χ1v) is 6.49. The molecule has 0 bridgehead atoms. The molecule has 0 spiro atoms. The zero-order valence-electron chi connectivity index (χ0n) is 11.3. The van der Waals surface area contributed by atoms with Crippen molar-refractivity contribution in [2.45, 2.75) is 18.9 Å². The fourth-order valence-electron chi connectivity index (χ4n) is 2.64. The number of methoxy groups -OCH3 is 1. The van der Waals surface area contributed by atoms with Gasteiger partial charge in [-0.2, -0.15) is 0 Å². The minimum absolute atomic E-state index is 0.615. The highest BCUT2D eigenvalue weighted by Crippen LogP contribution is 2.31. The molecule has 1 aliphatic heterocycles. The summed E-state index contributed by atoms with van der Waals surface area (Å²) in [5.41, 5.74) is -0.615. The molecule has 100 valence electrons. The van der Waals surface area contributed by atoms with Gasteiger partial charge < -0.3 is 14.7 Å². The summed E-state index contributed by atoms with van der Waals surface area (Å²) in [6.45, 7) is 3.34. The van der Waals surface area contributed by atoms with E-state index in [-0.39, 0.29) is 0 Å². The lowest BCUT2D eigenvalue weighted by molar-refractivity contribution is 0.0839.